The Labute approximate surface area is 154 Å². The van der Waals surface area contributed by atoms with Gasteiger partial charge < -0.3 is 4.57 Å². The average molecular weight is 367 g/mol. The van der Waals surface area contributed by atoms with Crippen LogP contribution in [0.2, 0.25) is 5.02 Å². The van der Waals surface area contributed by atoms with Crippen molar-refractivity contribution in [3.63, 3.8) is 0 Å². The summed E-state index contributed by atoms with van der Waals surface area (Å²) in [6, 6.07) is 19.9. The van der Waals surface area contributed by atoms with E-state index in [4.69, 9.17) is 11.6 Å². The fraction of sp³-hybridized carbons (Fsp3) is 0.0526. The monoisotopic (exact) mass is 366 g/mol. The van der Waals surface area contributed by atoms with Gasteiger partial charge in [0.1, 0.15) is 0 Å². The summed E-state index contributed by atoms with van der Waals surface area (Å²) in [6.45, 7) is 0.704. The van der Waals surface area contributed by atoms with E-state index in [1.54, 1.807) is 17.6 Å². The summed E-state index contributed by atoms with van der Waals surface area (Å²) in [5, 5.41) is 5.87. The molecule has 0 unspecified atom stereocenters. The molecule has 4 aromatic rings. The van der Waals surface area contributed by atoms with Crippen LogP contribution in [-0.2, 0) is 6.54 Å². The molecular formula is C19H15ClN4S. The number of fused-ring (bicyclic) bond motifs is 1. The number of halogens is 1. The van der Waals surface area contributed by atoms with Crippen molar-refractivity contribution in [1.29, 1.82) is 0 Å². The standard InChI is InChI=1S/C19H15ClN4S/c20-16-8-2-1-6-14(16)13-24-11-5-7-15(24)12-21-23-19-22-17-9-3-4-10-18(17)25-19/h1-12H,13H2,(H,22,23). The first-order valence-electron chi connectivity index (χ1n) is 7.83. The van der Waals surface area contributed by atoms with E-state index < -0.39 is 0 Å². The van der Waals surface area contributed by atoms with Gasteiger partial charge in [-0.25, -0.2) is 4.98 Å². The molecule has 2 aromatic heterocycles. The number of hydrogen-bond acceptors (Lipinski definition) is 4. The fourth-order valence-corrected chi connectivity index (χ4v) is 3.58. The molecule has 0 aliphatic rings. The number of rotatable bonds is 5. The van der Waals surface area contributed by atoms with Crippen LogP contribution in [0.5, 0.6) is 0 Å². The lowest BCUT2D eigenvalue weighted by Gasteiger charge is -2.08. The summed E-state index contributed by atoms with van der Waals surface area (Å²) in [5.74, 6) is 0. The molecule has 124 valence electrons. The normalized spacial score (nSPS) is 11.4. The fourth-order valence-electron chi connectivity index (χ4n) is 2.57. The quantitative estimate of drug-likeness (QED) is 0.387. The number of hydrogen-bond donors (Lipinski definition) is 1. The lowest BCUT2D eigenvalue weighted by Crippen LogP contribution is -2.03. The van der Waals surface area contributed by atoms with E-state index in [-0.39, 0.29) is 0 Å². The van der Waals surface area contributed by atoms with Crippen molar-refractivity contribution in [1.82, 2.24) is 9.55 Å². The SMILES string of the molecule is Clc1ccccc1Cn1cccc1C=NNc1nc2ccccc2s1. The van der Waals surface area contributed by atoms with E-state index in [0.29, 0.717) is 6.54 Å². The van der Waals surface area contributed by atoms with Gasteiger partial charge in [-0.2, -0.15) is 5.10 Å². The van der Waals surface area contributed by atoms with Crippen LogP contribution < -0.4 is 5.43 Å². The maximum absolute atomic E-state index is 6.25. The van der Waals surface area contributed by atoms with Gasteiger partial charge in [0.2, 0.25) is 5.13 Å². The molecule has 0 aliphatic heterocycles. The molecule has 1 N–H and O–H groups in total. The molecule has 0 spiro atoms. The molecule has 0 aliphatic carbocycles. The number of nitrogens with one attached hydrogen (secondary N) is 1. The van der Waals surface area contributed by atoms with E-state index in [9.17, 15) is 0 Å². The molecule has 25 heavy (non-hydrogen) atoms. The Bertz CT molecular complexity index is 1000. The average Bonchev–Trinajstić information content (AvgIpc) is 3.23. The van der Waals surface area contributed by atoms with Crippen molar-refractivity contribution in [3.05, 3.63) is 83.1 Å². The largest absolute Gasteiger partial charge is 0.342 e. The predicted octanol–water partition coefficient (Wildman–Crippen LogP) is 5.25. The van der Waals surface area contributed by atoms with Crippen LogP contribution in [0, 0.1) is 0 Å². The van der Waals surface area contributed by atoms with Crippen LogP contribution >= 0.6 is 22.9 Å². The molecule has 0 amide bonds. The predicted molar refractivity (Wildman–Crippen MR) is 106 cm³/mol. The highest BCUT2D eigenvalue weighted by atomic mass is 35.5. The van der Waals surface area contributed by atoms with Crippen LogP contribution in [0.4, 0.5) is 5.13 Å². The summed E-state index contributed by atoms with van der Waals surface area (Å²) in [7, 11) is 0. The van der Waals surface area contributed by atoms with Gasteiger partial charge in [-0.3, -0.25) is 5.43 Å². The summed E-state index contributed by atoms with van der Waals surface area (Å²) >= 11 is 7.83. The van der Waals surface area contributed by atoms with Crippen molar-refractivity contribution in [2.24, 2.45) is 5.10 Å². The highest BCUT2D eigenvalue weighted by molar-refractivity contribution is 7.22. The third kappa shape index (κ3) is 3.57. The van der Waals surface area contributed by atoms with Gasteiger partial charge in [-0.05, 0) is 35.9 Å². The zero-order valence-electron chi connectivity index (χ0n) is 13.3. The number of nitrogens with zero attached hydrogens (tertiary/aromatic N) is 3. The first-order valence-corrected chi connectivity index (χ1v) is 9.02. The Kier molecular flexibility index (Phi) is 4.50. The van der Waals surface area contributed by atoms with E-state index >= 15 is 0 Å². The van der Waals surface area contributed by atoms with Crippen LogP contribution in [0.15, 0.2) is 72.0 Å². The van der Waals surface area contributed by atoms with E-state index in [1.165, 1.54) is 0 Å². The van der Waals surface area contributed by atoms with Crippen LogP contribution in [0.3, 0.4) is 0 Å². The number of benzene rings is 2. The maximum atomic E-state index is 6.25. The van der Waals surface area contributed by atoms with Gasteiger partial charge in [0.25, 0.3) is 0 Å². The Hall–Kier alpha value is -2.63. The summed E-state index contributed by atoms with van der Waals surface area (Å²) in [5.41, 5.74) is 6.06. The molecule has 4 nitrogen and oxygen atoms in total. The van der Waals surface area contributed by atoms with Gasteiger partial charge in [0, 0.05) is 17.8 Å². The number of para-hydroxylation sites is 1. The Morgan fingerprint density at radius 1 is 1.08 bits per heavy atom. The number of aromatic nitrogens is 2. The summed E-state index contributed by atoms with van der Waals surface area (Å²) in [6.07, 6.45) is 3.81. The number of hydrazone groups is 1. The molecule has 6 heteroatoms. The minimum absolute atomic E-state index is 0.704. The van der Waals surface area contributed by atoms with Crippen LogP contribution in [0.1, 0.15) is 11.3 Å². The third-order valence-corrected chi connectivity index (χ3v) is 5.12. The van der Waals surface area contributed by atoms with E-state index in [2.05, 4.69) is 26.1 Å². The number of anilines is 1. The van der Waals surface area contributed by atoms with Crippen LogP contribution in [0.25, 0.3) is 10.2 Å². The first kappa shape index (κ1) is 15.9. The lowest BCUT2D eigenvalue weighted by molar-refractivity contribution is 0.800. The molecule has 0 saturated heterocycles. The number of thiazole rings is 1. The van der Waals surface area contributed by atoms with Crippen molar-refractivity contribution in [2.75, 3.05) is 5.43 Å². The maximum Gasteiger partial charge on any atom is 0.204 e. The second-order valence-electron chi connectivity index (χ2n) is 5.51. The van der Waals surface area contributed by atoms with Gasteiger partial charge >= 0.3 is 0 Å². The Balaban J connectivity index is 1.48. The van der Waals surface area contributed by atoms with Crippen molar-refractivity contribution in [3.8, 4) is 0 Å². The lowest BCUT2D eigenvalue weighted by atomic mass is 10.2. The van der Waals surface area contributed by atoms with Gasteiger partial charge in [-0.15, -0.1) is 0 Å². The van der Waals surface area contributed by atoms with E-state index in [0.717, 1.165) is 31.6 Å². The van der Waals surface area contributed by atoms with Gasteiger partial charge in [-0.1, -0.05) is 53.3 Å². The minimum Gasteiger partial charge on any atom is -0.342 e. The summed E-state index contributed by atoms with van der Waals surface area (Å²) < 4.78 is 3.24. The Morgan fingerprint density at radius 3 is 2.80 bits per heavy atom. The second kappa shape index (κ2) is 7.09. The summed E-state index contributed by atoms with van der Waals surface area (Å²) in [4.78, 5) is 4.50. The molecule has 2 aromatic carbocycles. The van der Waals surface area contributed by atoms with Crippen molar-refractivity contribution in [2.45, 2.75) is 6.54 Å². The molecule has 0 bridgehead atoms. The smallest absolute Gasteiger partial charge is 0.204 e. The zero-order chi connectivity index (χ0) is 17.1. The van der Waals surface area contributed by atoms with Gasteiger partial charge in [0.15, 0.2) is 0 Å². The molecule has 0 fully saturated rings. The van der Waals surface area contributed by atoms with Crippen molar-refractivity contribution >= 4 is 44.5 Å². The molecule has 0 atom stereocenters. The first-order chi connectivity index (χ1) is 12.3. The highest BCUT2D eigenvalue weighted by Gasteiger charge is 2.04. The van der Waals surface area contributed by atoms with Crippen LogP contribution in [-0.4, -0.2) is 15.8 Å². The molecular weight excluding hydrogens is 352 g/mol. The highest BCUT2D eigenvalue weighted by Crippen LogP contribution is 2.25. The molecule has 0 radical (unpaired) electrons. The van der Waals surface area contributed by atoms with E-state index in [1.807, 2.05) is 60.8 Å². The minimum atomic E-state index is 0.704. The Morgan fingerprint density at radius 2 is 1.92 bits per heavy atom. The zero-order valence-corrected chi connectivity index (χ0v) is 14.8. The topological polar surface area (TPSA) is 42.2 Å². The second-order valence-corrected chi connectivity index (χ2v) is 6.95. The molecule has 0 saturated carbocycles. The third-order valence-electron chi connectivity index (χ3n) is 3.81. The van der Waals surface area contributed by atoms with Crippen molar-refractivity contribution < 1.29 is 0 Å². The molecule has 4 rings (SSSR count). The molecule has 2 heterocycles. The van der Waals surface area contributed by atoms with Gasteiger partial charge in [0.05, 0.1) is 22.1 Å².